The molecule has 0 saturated carbocycles. The number of nitrogens with zero attached hydrogens (tertiary/aromatic N) is 3. The lowest BCUT2D eigenvalue weighted by atomic mass is 9.90. The van der Waals surface area contributed by atoms with Crippen LogP contribution in [-0.2, 0) is 11.3 Å². The first kappa shape index (κ1) is 15.7. The zero-order valence-electron chi connectivity index (χ0n) is 13.6. The Labute approximate surface area is 136 Å². The number of aliphatic carboxylic acids is 1. The number of rotatable bonds is 4. The number of aryl methyl sites for hydroxylation is 1. The van der Waals surface area contributed by atoms with Gasteiger partial charge in [0.2, 0.25) is 0 Å². The summed E-state index contributed by atoms with van der Waals surface area (Å²) in [4.78, 5) is 13.6. The molecule has 2 unspecified atom stereocenters. The Bertz CT molecular complexity index is 695. The van der Waals surface area contributed by atoms with Crippen molar-refractivity contribution >= 4 is 5.97 Å². The van der Waals surface area contributed by atoms with E-state index in [1.807, 2.05) is 29.1 Å². The molecule has 1 aliphatic heterocycles. The summed E-state index contributed by atoms with van der Waals surface area (Å²) in [5.74, 6) is -0.553. The second kappa shape index (κ2) is 6.54. The molecule has 0 radical (unpaired) electrons. The Kier molecular flexibility index (Phi) is 4.48. The van der Waals surface area contributed by atoms with Gasteiger partial charge < -0.3 is 5.11 Å². The van der Waals surface area contributed by atoms with Crippen LogP contribution < -0.4 is 0 Å². The highest BCUT2D eigenvalue weighted by molar-refractivity contribution is 5.70. The van der Waals surface area contributed by atoms with Crippen LogP contribution >= 0.6 is 0 Å². The molecule has 2 atom stereocenters. The standard InChI is InChI=1S/C18H23N3O2/c1-13-9-15(18(22)23)11-20(10-13)12-16-7-8-19-21(16)17-6-4-3-5-14(17)2/h3-8,13,15H,9-12H2,1-2H3,(H,22,23). The molecule has 0 bridgehead atoms. The SMILES string of the molecule is Cc1ccccc1-n1nccc1CN1CC(C)CC(C(=O)O)C1. The van der Waals surface area contributed by atoms with Gasteiger partial charge in [-0.3, -0.25) is 9.69 Å². The van der Waals surface area contributed by atoms with Crippen LogP contribution in [0.4, 0.5) is 0 Å². The number of carbonyl (C=O) groups is 1. The first-order valence-electron chi connectivity index (χ1n) is 8.08. The first-order chi connectivity index (χ1) is 11.0. The Morgan fingerprint density at radius 3 is 2.83 bits per heavy atom. The average molecular weight is 313 g/mol. The van der Waals surface area contributed by atoms with E-state index in [1.54, 1.807) is 0 Å². The predicted molar refractivity (Wildman–Crippen MR) is 88.5 cm³/mol. The molecule has 2 heterocycles. The molecule has 1 aliphatic rings. The van der Waals surface area contributed by atoms with Gasteiger partial charge in [-0.05, 0) is 37.0 Å². The van der Waals surface area contributed by atoms with Crippen molar-refractivity contribution in [1.82, 2.24) is 14.7 Å². The zero-order chi connectivity index (χ0) is 16.4. The van der Waals surface area contributed by atoms with E-state index < -0.39 is 5.97 Å². The maximum Gasteiger partial charge on any atom is 0.307 e. The molecule has 0 amide bonds. The lowest BCUT2D eigenvalue weighted by Crippen LogP contribution is -2.42. The van der Waals surface area contributed by atoms with Gasteiger partial charge >= 0.3 is 5.97 Å². The lowest BCUT2D eigenvalue weighted by Gasteiger charge is -2.34. The van der Waals surface area contributed by atoms with Gasteiger partial charge in [-0.15, -0.1) is 0 Å². The smallest absolute Gasteiger partial charge is 0.307 e. The summed E-state index contributed by atoms with van der Waals surface area (Å²) in [5, 5.41) is 13.8. The van der Waals surface area contributed by atoms with Crippen LogP contribution in [0, 0.1) is 18.8 Å². The highest BCUT2D eigenvalue weighted by atomic mass is 16.4. The van der Waals surface area contributed by atoms with Crippen LogP contribution in [0.3, 0.4) is 0 Å². The van der Waals surface area contributed by atoms with Gasteiger partial charge in [0.05, 0.1) is 17.3 Å². The summed E-state index contributed by atoms with van der Waals surface area (Å²) in [6.45, 7) is 6.47. The minimum Gasteiger partial charge on any atom is -0.481 e. The van der Waals surface area contributed by atoms with Crippen molar-refractivity contribution in [3.8, 4) is 5.69 Å². The number of para-hydroxylation sites is 1. The van der Waals surface area contributed by atoms with Crippen molar-refractivity contribution in [2.75, 3.05) is 13.1 Å². The Balaban J connectivity index is 1.80. The molecule has 23 heavy (non-hydrogen) atoms. The van der Waals surface area contributed by atoms with Crippen LogP contribution in [0.25, 0.3) is 5.69 Å². The van der Waals surface area contributed by atoms with Crippen molar-refractivity contribution in [2.45, 2.75) is 26.8 Å². The molecule has 3 rings (SSSR count). The molecule has 5 heteroatoms. The van der Waals surface area contributed by atoms with Gasteiger partial charge in [0, 0.05) is 25.8 Å². The van der Waals surface area contributed by atoms with Gasteiger partial charge in [-0.2, -0.15) is 5.10 Å². The number of piperidine rings is 1. The fourth-order valence-electron chi connectivity index (χ4n) is 3.47. The van der Waals surface area contributed by atoms with Crippen molar-refractivity contribution in [3.05, 3.63) is 47.8 Å². The van der Waals surface area contributed by atoms with Crippen LogP contribution in [0.15, 0.2) is 36.5 Å². The number of likely N-dealkylation sites (tertiary alicyclic amines) is 1. The fraction of sp³-hybridized carbons (Fsp3) is 0.444. The van der Waals surface area contributed by atoms with Crippen LogP contribution in [0.2, 0.25) is 0 Å². The zero-order valence-corrected chi connectivity index (χ0v) is 13.6. The van der Waals surface area contributed by atoms with Gasteiger partial charge in [0.15, 0.2) is 0 Å². The monoisotopic (exact) mass is 313 g/mol. The number of benzene rings is 1. The molecule has 5 nitrogen and oxygen atoms in total. The molecular weight excluding hydrogens is 290 g/mol. The first-order valence-corrected chi connectivity index (χ1v) is 8.08. The van der Waals surface area contributed by atoms with Crippen LogP contribution in [0.5, 0.6) is 0 Å². The van der Waals surface area contributed by atoms with E-state index in [4.69, 9.17) is 0 Å². The summed E-state index contributed by atoms with van der Waals surface area (Å²) in [5.41, 5.74) is 3.35. The molecule has 1 saturated heterocycles. The summed E-state index contributed by atoms with van der Waals surface area (Å²) >= 11 is 0. The van der Waals surface area contributed by atoms with E-state index in [9.17, 15) is 9.90 Å². The maximum absolute atomic E-state index is 11.3. The van der Waals surface area contributed by atoms with Gasteiger partial charge in [-0.25, -0.2) is 4.68 Å². The van der Waals surface area contributed by atoms with Crippen molar-refractivity contribution in [1.29, 1.82) is 0 Å². The molecular formula is C18H23N3O2. The summed E-state index contributed by atoms with van der Waals surface area (Å²) in [6, 6.07) is 10.2. The Hall–Kier alpha value is -2.14. The van der Waals surface area contributed by atoms with Crippen LogP contribution in [0.1, 0.15) is 24.6 Å². The van der Waals surface area contributed by atoms with Crippen LogP contribution in [-0.4, -0.2) is 38.8 Å². The highest BCUT2D eigenvalue weighted by Gasteiger charge is 2.29. The Morgan fingerprint density at radius 1 is 1.30 bits per heavy atom. The number of hydrogen-bond acceptors (Lipinski definition) is 3. The summed E-state index contributed by atoms with van der Waals surface area (Å²) in [7, 11) is 0. The van der Waals surface area contributed by atoms with E-state index in [1.165, 1.54) is 5.56 Å². The van der Waals surface area contributed by atoms with Crippen molar-refractivity contribution in [3.63, 3.8) is 0 Å². The third-order valence-corrected chi connectivity index (χ3v) is 4.53. The molecule has 0 aliphatic carbocycles. The summed E-state index contributed by atoms with van der Waals surface area (Å²) < 4.78 is 1.96. The normalized spacial score (nSPS) is 22.2. The molecule has 1 N–H and O–H groups in total. The highest BCUT2D eigenvalue weighted by Crippen LogP contribution is 2.24. The minimum absolute atomic E-state index is 0.270. The van der Waals surface area contributed by atoms with Gasteiger partial charge in [0.1, 0.15) is 0 Å². The quantitative estimate of drug-likeness (QED) is 0.943. The fourth-order valence-corrected chi connectivity index (χ4v) is 3.47. The topological polar surface area (TPSA) is 58.4 Å². The Morgan fingerprint density at radius 2 is 2.09 bits per heavy atom. The molecule has 122 valence electrons. The maximum atomic E-state index is 11.3. The van der Waals surface area contributed by atoms with E-state index in [0.717, 1.165) is 30.9 Å². The molecule has 1 aromatic heterocycles. The molecule has 1 aromatic carbocycles. The third kappa shape index (κ3) is 3.45. The summed E-state index contributed by atoms with van der Waals surface area (Å²) in [6.07, 6.45) is 2.58. The van der Waals surface area contributed by atoms with E-state index in [0.29, 0.717) is 12.5 Å². The van der Waals surface area contributed by atoms with Gasteiger partial charge in [0.25, 0.3) is 0 Å². The second-order valence-corrected chi connectivity index (χ2v) is 6.59. The number of aromatic nitrogens is 2. The third-order valence-electron chi connectivity index (χ3n) is 4.53. The molecule has 2 aromatic rings. The number of carboxylic acids is 1. The molecule has 1 fully saturated rings. The van der Waals surface area contributed by atoms with E-state index in [2.05, 4.69) is 36.0 Å². The molecule has 0 spiro atoms. The predicted octanol–water partition coefficient (Wildman–Crippen LogP) is 2.72. The second-order valence-electron chi connectivity index (χ2n) is 6.59. The van der Waals surface area contributed by atoms with E-state index >= 15 is 0 Å². The van der Waals surface area contributed by atoms with Crippen molar-refractivity contribution < 1.29 is 9.90 Å². The lowest BCUT2D eigenvalue weighted by molar-refractivity contribution is -0.144. The minimum atomic E-state index is -0.686. The largest absolute Gasteiger partial charge is 0.481 e. The number of carboxylic acid groups (broad SMARTS) is 1. The van der Waals surface area contributed by atoms with Crippen molar-refractivity contribution in [2.24, 2.45) is 11.8 Å². The van der Waals surface area contributed by atoms with Gasteiger partial charge in [-0.1, -0.05) is 25.1 Å². The average Bonchev–Trinajstić information content (AvgIpc) is 2.95. The van der Waals surface area contributed by atoms with E-state index in [-0.39, 0.29) is 5.92 Å². The number of hydrogen-bond donors (Lipinski definition) is 1.